The van der Waals surface area contributed by atoms with Crippen LogP contribution >= 0.6 is 0 Å². The van der Waals surface area contributed by atoms with E-state index in [1.165, 1.54) is 18.6 Å². The SMILES string of the molecule is NC(=O)CC1CCN(C(=O)NC(c2ccc(F)cc2)C2CCC2)CC1. The first kappa shape index (κ1) is 17.7. The van der Waals surface area contributed by atoms with Gasteiger partial charge in [0.25, 0.3) is 0 Å². The van der Waals surface area contributed by atoms with Crippen LogP contribution in [0.3, 0.4) is 0 Å². The Hall–Kier alpha value is -2.11. The molecule has 1 unspecified atom stereocenters. The number of primary amides is 1. The minimum Gasteiger partial charge on any atom is -0.370 e. The Morgan fingerprint density at radius 3 is 2.32 bits per heavy atom. The van der Waals surface area contributed by atoms with E-state index in [2.05, 4.69) is 5.32 Å². The molecule has 1 saturated heterocycles. The van der Waals surface area contributed by atoms with Crippen LogP contribution in [0.25, 0.3) is 0 Å². The average molecular weight is 347 g/mol. The molecule has 136 valence electrons. The summed E-state index contributed by atoms with van der Waals surface area (Å²) in [5.74, 6) is 0.158. The van der Waals surface area contributed by atoms with Gasteiger partial charge in [-0.2, -0.15) is 0 Å². The molecule has 2 fully saturated rings. The van der Waals surface area contributed by atoms with Crippen LogP contribution in [0.2, 0.25) is 0 Å². The van der Waals surface area contributed by atoms with E-state index in [0.29, 0.717) is 25.4 Å². The zero-order valence-electron chi connectivity index (χ0n) is 14.4. The van der Waals surface area contributed by atoms with Crippen LogP contribution in [-0.2, 0) is 4.79 Å². The number of nitrogens with zero attached hydrogens (tertiary/aromatic N) is 1. The summed E-state index contributed by atoms with van der Waals surface area (Å²) in [6.07, 6.45) is 5.36. The lowest BCUT2D eigenvalue weighted by molar-refractivity contribution is -0.119. The number of hydrogen-bond acceptors (Lipinski definition) is 2. The second-order valence-corrected chi connectivity index (χ2v) is 7.27. The van der Waals surface area contributed by atoms with Crippen molar-refractivity contribution in [1.29, 1.82) is 0 Å². The first-order valence-corrected chi connectivity index (χ1v) is 9.12. The third kappa shape index (κ3) is 4.50. The van der Waals surface area contributed by atoms with E-state index >= 15 is 0 Å². The molecule has 1 atom stereocenters. The smallest absolute Gasteiger partial charge is 0.317 e. The summed E-state index contributed by atoms with van der Waals surface area (Å²) < 4.78 is 13.2. The molecule has 1 saturated carbocycles. The fourth-order valence-corrected chi connectivity index (χ4v) is 3.77. The second kappa shape index (κ2) is 7.85. The minimum absolute atomic E-state index is 0.0646. The molecule has 6 heteroatoms. The molecular weight excluding hydrogens is 321 g/mol. The molecule has 0 aromatic heterocycles. The Morgan fingerprint density at radius 2 is 1.80 bits per heavy atom. The molecule has 1 aromatic carbocycles. The first-order valence-electron chi connectivity index (χ1n) is 9.12. The largest absolute Gasteiger partial charge is 0.370 e. The summed E-state index contributed by atoms with van der Waals surface area (Å²) in [6, 6.07) is 6.28. The van der Waals surface area contributed by atoms with E-state index < -0.39 is 0 Å². The van der Waals surface area contributed by atoms with Gasteiger partial charge >= 0.3 is 6.03 Å². The van der Waals surface area contributed by atoms with Crippen molar-refractivity contribution < 1.29 is 14.0 Å². The summed E-state index contributed by atoms with van der Waals surface area (Å²) in [6.45, 7) is 1.29. The van der Waals surface area contributed by atoms with E-state index in [1.54, 1.807) is 12.1 Å². The molecule has 5 nitrogen and oxygen atoms in total. The average Bonchev–Trinajstić information content (AvgIpc) is 2.53. The number of amides is 3. The molecular formula is C19H26FN3O2. The van der Waals surface area contributed by atoms with Crippen molar-refractivity contribution in [2.45, 2.75) is 44.6 Å². The van der Waals surface area contributed by atoms with Gasteiger partial charge in [0.15, 0.2) is 0 Å². The van der Waals surface area contributed by atoms with Crippen molar-refractivity contribution in [3.05, 3.63) is 35.6 Å². The zero-order valence-corrected chi connectivity index (χ0v) is 14.4. The summed E-state index contributed by atoms with van der Waals surface area (Å²) in [5, 5.41) is 3.15. The standard InChI is InChI=1S/C19H26FN3O2/c20-16-6-4-15(5-7-16)18(14-2-1-3-14)22-19(25)23-10-8-13(9-11-23)12-17(21)24/h4-7,13-14,18H,1-3,8-12H2,(H2,21,24)(H,22,25). The number of nitrogens with two attached hydrogens (primary N) is 1. The Morgan fingerprint density at radius 1 is 1.16 bits per heavy atom. The number of benzene rings is 1. The number of carbonyl (C=O) groups excluding carboxylic acids is 2. The van der Waals surface area contributed by atoms with Crippen LogP contribution in [0.4, 0.5) is 9.18 Å². The van der Waals surface area contributed by atoms with Crippen molar-refractivity contribution >= 4 is 11.9 Å². The maximum atomic E-state index is 13.2. The van der Waals surface area contributed by atoms with Gasteiger partial charge in [-0.15, -0.1) is 0 Å². The van der Waals surface area contributed by atoms with Gasteiger partial charge in [0.2, 0.25) is 5.91 Å². The quantitative estimate of drug-likeness (QED) is 0.859. The van der Waals surface area contributed by atoms with Crippen LogP contribution < -0.4 is 11.1 Å². The van der Waals surface area contributed by atoms with Gasteiger partial charge in [-0.1, -0.05) is 18.6 Å². The van der Waals surface area contributed by atoms with Gasteiger partial charge in [0, 0.05) is 19.5 Å². The molecule has 1 heterocycles. The Bertz CT molecular complexity index is 608. The van der Waals surface area contributed by atoms with Gasteiger partial charge in [0.1, 0.15) is 5.82 Å². The maximum Gasteiger partial charge on any atom is 0.317 e. The third-order valence-electron chi connectivity index (χ3n) is 5.52. The predicted octanol–water partition coefficient (Wildman–Crippen LogP) is 2.96. The molecule has 3 rings (SSSR count). The van der Waals surface area contributed by atoms with Crippen LogP contribution in [-0.4, -0.2) is 29.9 Å². The lowest BCUT2D eigenvalue weighted by Gasteiger charge is -2.37. The molecule has 3 amide bonds. The predicted molar refractivity (Wildman–Crippen MR) is 93.1 cm³/mol. The Labute approximate surface area is 147 Å². The van der Waals surface area contributed by atoms with Crippen molar-refractivity contribution in [3.63, 3.8) is 0 Å². The lowest BCUT2D eigenvalue weighted by Crippen LogP contribution is -2.47. The van der Waals surface area contributed by atoms with Gasteiger partial charge in [-0.05, 0) is 55.2 Å². The molecule has 0 radical (unpaired) electrons. The number of rotatable bonds is 5. The molecule has 25 heavy (non-hydrogen) atoms. The highest BCUT2D eigenvalue weighted by atomic mass is 19.1. The molecule has 0 spiro atoms. The van der Waals surface area contributed by atoms with Crippen LogP contribution in [0, 0.1) is 17.7 Å². The van der Waals surface area contributed by atoms with Gasteiger partial charge in [-0.25, -0.2) is 9.18 Å². The van der Waals surface area contributed by atoms with E-state index in [4.69, 9.17) is 5.73 Å². The normalized spacial score (nSPS) is 20.0. The number of nitrogens with one attached hydrogen (secondary N) is 1. The second-order valence-electron chi connectivity index (χ2n) is 7.27. The Balaban J connectivity index is 1.59. The summed E-state index contributed by atoms with van der Waals surface area (Å²) in [4.78, 5) is 25.5. The Kier molecular flexibility index (Phi) is 5.56. The van der Waals surface area contributed by atoms with E-state index in [0.717, 1.165) is 31.2 Å². The number of carbonyl (C=O) groups is 2. The van der Waals surface area contributed by atoms with Crippen molar-refractivity contribution in [3.8, 4) is 0 Å². The van der Waals surface area contributed by atoms with Crippen molar-refractivity contribution in [2.75, 3.05) is 13.1 Å². The van der Waals surface area contributed by atoms with Crippen LogP contribution in [0.5, 0.6) is 0 Å². The third-order valence-corrected chi connectivity index (χ3v) is 5.52. The molecule has 0 bridgehead atoms. The maximum absolute atomic E-state index is 13.2. The van der Waals surface area contributed by atoms with Gasteiger partial charge in [-0.3, -0.25) is 4.79 Å². The van der Waals surface area contributed by atoms with E-state index in [9.17, 15) is 14.0 Å². The minimum atomic E-state index is -0.274. The topological polar surface area (TPSA) is 75.4 Å². The molecule has 1 aromatic rings. The fraction of sp³-hybridized carbons (Fsp3) is 0.579. The van der Waals surface area contributed by atoms with Gasteiger partial charge in [0.05, 0.1) is 6.04 Å². The zero-order chi connectivity index (χ0) is 17.8. The summed E-state index contributed by atoms with van der Waals surface area (Å²) >= 11 is 0. The summed E-state index contributed by atoms with van der Waals surface area (Å²) in [7, 11) is 0. The highest BCUT2D eigenvalue weighted by molar-refractivity contribution is 5.75. The molecule has 1 aliphatic carbocycles. The number of likely N-dealkylation sites (tertiary alicyclic amines) is 1. The van der Waals surface area contributed by atoms with Crippen LogP contribution in [0.15, 0.2) is 24.3 Å². The molecule has 2 aliphatic rings. The first-order chi connectivity index (χ1) is 12.0. The number of piperidine rings is 1. The number of urea groups is 1. The molecule has 3 N–H and O–H groups in total. The van der Waals surface area contributed by atoms with Crippen molar-refractivity contribution in [1.82, 2.24) is 10.2 Å². The van der Waals surface area contributed by atoms with E-state index in [-0.39, 0.29) is 29.7 Å². The number of hydrogen-bond donors (Lipinski definition) is 2. The molecule has 1 aliphatic heterocycles. The fourth-order valence-electron chi connectivity index (χ4n) is 3.77. The van der Waals surface area contributed by atoms with Gasteiger partial charge < -0.3 is 16.0 Å². The lowest BCUT2D eigenvalue weighted by atomic mass is 9.77. The highest BCUT2D eigenvalue weighted by Gasteiger charge is 2.32. The monoisotopic (exact) mass is 347 g/mol. The number of halogens is 1. The highest BCUT2D eigenvalue weighted by Crippen LogP contribution is 2.38. The summed E-state index contributed by atoms with van der Waals surface area (Å²) in [5.41, 5.74) is 6.22. The van der Waals surface area contributed by atoms with Crippen LogP contribution in [0.1, 0.15) is 50.1 Å². The van der Waals surface area contributed by atoms with E-state index in [1.807, 2.05) is 4.90 Å². The van der Waals surface area contributed by atoms with Crippen molar-refractivity contribution in [2.24, 2.45) is 17.6 Å².